The summed E-state index contributed by atoms with van der Waals surface area (Å²) in [4.78, 5) is 87.6. The summed E-state index contributed by atoms with van der Waals surface area (Å²) in [6.45, 7) is 12.3. The molecule has 1 aromatic rings. The molecule has 342 valence electrons. The van der Waals surface area contributed by atoms with Crippen molar-refractivity contribution >= 4 is 35.7 Å². The maximum atomic E-state index is 14.5. The van der Waals surface area contributed by atoms with Gasteiger partial charge < -0.3 is 39.4 Å². The Morgan fingerprint density at radius 2 is 1.62 bits per heavy atom. The van der Waals surface area contributed by atoms with Gasteiger partial charge in [-0.3, -0.25) is 24.1 Å². The molecule has 2 saturated heterocycles. The first-order valence-electron chi connectivity index (χ1n) is 22.4. The third-order valence-corrected chi connectivity index (χ3v) is 13.4. The highest BCUT2D eigenvalue weighted by molar-refractivity contribution is 5.92. The molecule has 1 aliphatic carbocycles. The Bertz CT molecular complexity index is 1630. The molecule has 61 heavy (non-hydrogen) atoms. The lowest BCUT2D eigenvalue weighted by Crippen LogP contribution is -2.60. The van der Waals surface area contributed by atoms with Gasteiger partial charge in [0.15, 0.2) is 0 Å². The van der Waals surface area contributed by atoms with Crippen LogP contribution in [-0.4, -0.2) is 140 Å². The number of nitrogens with zero attached hydrogens (tertiary/aromatic N) is 3. The molecule has 0 radical (unpaired) electrons. The van der Waals surface area contributed by atoms with E-state index in [0.717, 1.165) is 37.7 Å². The Morgan fingerprint density at radius 3 is 2.23 bits per heavy atom. The van der Waals surface area contributed by atoms with E-state index < -0.39 is 66.3 Å². The zero-order valence-electron chi connectivity index (χ0n) is 38.2. The molecule has 4 rings (SSSR count). The number of likely N-dealkylation sites (tertiary alicyclic amines) is 2. The summed E-state index contributed by atoms with van der Waals surface area (Å²) < 4.78 is 22.6. The summed E-state index contributed by atoms with van der Waals surface area (Å²) in [5, 5.41) is 5.90. The summed E-state index contributed by atoms with van der Waals surface area (Å²) in [7, 11) is 6.04. The van der Waals surface area contributed by atoms with Crippen molar-refractivity contribution in [2.45, 2.75) is 154 Å². The highest BCUT2D eigenvalue weighted by Crippen LogP contribution is 2.43. The van der Waals surface area contributed by atoms with Gasteiger partial charge in [0.05, 0.1) is 50.3 Å². The monoisotopic (exact) mass is 856 g/mol. The Labute approximate surface area is 363 Å². The molecule has 2 bridgehead atoms. The molecule has 5 amide bonds. The number of fused-ring (bicyclic) bond motifs is 2. The van der Waals surface area contributed by atoms with Gasteiger partial charge in [-0.2, -0.15) is 0 Å². The number of ether oxygens (including phenoxy) is 4. The average Bonchev–Trinajstić information content (AvgIpc) is 4.03. The van der Waals surface area contributed by atoms with Crippen molar-refractivity contribution in [2.24, 2.45) is 23.7 Å². The van der Waals surface area contributed by atoms with Crippen LogP contribution in [0.2, 0.25) is 0 Å². The first-order chi connectivity index (χ1) is 29.1. The fourth-order valence-electron chi connectivity index (χ4n) is 9.73. The van der Waals surface area contributed by atoms with E-state index in [9.17, 15) is 28.8 Å². The van der Waals surface area contributed by atoms with Crippen molar-refractivity contribution in [1.29, 1.82) is 0 Å². The van der Waals surface area contributed by atoms with E-state index in [2.05, 4.69) is 10.6 Å². The van der Waals surface area contributed by atoms with Crippen LogP contribution in [0, 0.1) is 23.7 Å². The zero-order chi connectivity index (χ0) is 45.0. The smallest absolute Gasteiger partial charge is 0.410 e. The normalized spacial score (nSPS) is 23.1. The van der Waals surface area contributed by atoms with Crippen LogP contribution in [-0.2, 0) is 49.3 Å². The van der Waals surface area contributed by atoms with Crippen LogP contribution >= 0.6 is 0 Å². The quantitative estimate of drug-likeness (QED) is 0.123. The zero-order valence-corrected chi connectivity index (χ0v) is 38.2. The molecule has 0 spiro atoms. The lowest BCUT2D eigenvalue weighted by molar-refractivity contribution is -0.149. The first kappa shape index (κ1) is 49.4. The van der Waals surface area contributed by atoms with Crippen molar-refractivity contribution in [3.05, 3.63) is 35.9 Å². The highest BCUT2D eigenvalue weighted by atomic mass is 16.6. The lowest BCUT2D eigenvalue weighted by atomic mass is 9.89. The molecule has 15 heteroatoms. The molecule has 11 atom stereocenters. The maximum Gasteiger partial charge on any atom is 0.410 e. The number of unbranched alkanes of at least 4 members (excludes halogenated alkanes) is 1. The van der Waals surface area contributed by atoms with Crippen molar-refractivity contribution in [3.63, 3.8) is 0 Å². The van der Waals surface area contributed by atoms with E-state index in [-0.39, 0.29) is 54.4 Å². The van der Waals surface area contributed by atoms with Crippen LogP contribution in [0.5, 0.6) is 0 Å². The molecule has 2 aliphatic heterocycles. The molecule has 1 aromatic carbocycles. The van der Waals surface area contributed by atoms with E-state index in [4.69, 9.17) is 18.9 Å². The van der Waals surface area contributed by atoms with Gasteiger partial charge in [-0.25, -0.2) is 9.59 Å². The number of rotatable bonds is 22. The van der Waals surface area contributed by atoms with Crippen molar-refractivity contribution in [2.75, 3.05) is 41.5 Å². The fraction of sp³-hybridized carbons (Fsp3) is 0.739. The molecule has 2 heterocycles. The number of carbonyl (C=O) groups is 6. The molecule has 3 fully saturated rings. The van der Waals surface area contributed by atoms with E-state index in [1.54, 1.807) is 28.7 Å². The van der Waals surface area contributed by atoms with Gasteiger partial charge >= 0.3 is 12.1 Å². The first-order valence-corrected chi connectivity index (χ1v) is 22.4. The van der Waals surface area contributed by atoms with Gasteiger partial charge in [0.25, 0.3) is 0 Å². The number of hydrogen-bond acceptors (Lipinski definition) is 10. The van der Waals surface area contributed by atoms with Crippen LogP contribution in [0.1, 0.15) is 105 Å². The third-order valence-electron chi connectivity index (χ3n) is 13.4. The predicted octanol–water partition coefficient (Wildman–Crippen LogP) is 4.74. The topological polar surface area (TPSA) is 173 Å². The van der Waals surface area contributed by atoms with Crippen LogP contribution in [0.4, 0.5) is 4.79 Å². The summed E-state index contributed by atoms with van der Waals surface area (Å²) in [6, 6.07) is 5.85. The Hall–Kier alpha value is -4.24. The molecule has 0 aromatic heterocycles. The standard InChI is InChI=1S/C46H73N5O10/c1-11-13-24-61-46(57)51-33-22-21-32(26-33)40(51)43(54)48-38(28(3)4)44(55)49(7)39(29(5)12-2)36(58-8)27-37(52)50-23-17-20-35(50)41(59-9)30(6)42(53)47-34(45(56)60-10)25-31-18-15-14-16-19-31/h14-16,18-19,28-30,32-36,38-41H,11-13,17,20-27H2,1-10H3,(H,47,53)(H,48,54)/t29-,30+,32?,33?,34-,35-,36-,38-,39-,40?,41+/m0/s1. The van der Waals surface area contributed by atoms with Crippen LogP contribution in [0.3, 0.4) is 0 Å². The van der Waals surface area contributed by atoms with E-state index in [1.807, 2.05) is 65.0 Å². The van der Waals surface area contributed by atoms with Gasteiger partial charge in [0.2, 0.25) is 23.6 Å². The summed E-state index contributed by atoms with van der Waals surface area (Å²) in [5.74, 6) is -2.89. The highest BCUT2D eigenvalue weighted by Gasteiger charge is 2.53. The second-order valence-corrected chi connectivity index (χ2v) is 17.6. The van der Waals surface area contributed by atoms with Gasteiger partial charge in [0.1, 0.15) is 18.1 Å². The largest absolute Gasteiger partial charge is 0.467 e. The number of hydrogen-bond donors (Lipinski definition) is 2. The second kappa shape index (κ2) is 23.3. The van der Waals surface area contributed by atoms with Gasteiger partial charge in [0, 0.05) is 40.3 Å². The van der Waals surface area contributed by atoms with Crippen molar-refractivity contribution < 1.29 is 47.7 Å². The Kier molecular flexibility index (Phi) is 18.9. The maximum absolute atomic E-state index is 14.5. The molecular weight excluding hydrogens is 783 g/mol. The van der Waals surface area contributed by atoms with Gasteiger partial charge in [-0.15, -0.1) is 0 Å². The average molecular weight is 856 g/mol. The van der Waals surface area contributed by atoms with Crippen molar-refractivity contribution in [3.8, 4) is 0 Å². The summed E-state index contributed by atoms with van der Waals surface area (Å²) in [6.07, 6.45) is 4.42. The van der Waals surface area contributed by atoms with Crippen LogP contribution in [0.15, 0.2) is 30.3 Å². The molecule has 15 nitrogen and oxygen atoms in total. The number of methoxy groups -OCH3 is 3. The molecule has 2 N–H and O–H groups in total. The number of amides is 5. The van der Waals surface area contributed by atoms with Crippen molar-refractivity contribution in [1.82, 2.24) is 25.3 Å². The van der Waals surface area contributed by atoms with Gasteiger partial charge in [-0.05, 0) is 61.8 Å². The SMILES string of the molecule is CCCCOC(=O)N1C2CCC(C2)C1C(=O)N[C@H](C(=O)N(C)[C@H]([C@H](CC(=O)N1CCC[C@H]1[C@H](OC)[C@@H](C)C(=O)N[C@@H](Cc1ccccc1)C(=O)OC)OC)[C@@H](C)CC)C(C)C. The molecular formula is C46H73N5O10. The van der Waals surface area contributed by atoms with Gasteiger partial charge in [-0.1, -0.05) is 84.7 Å². The number of esters is 1. The van der Waals surface area contributed by atoms with Crippen LogP contribution in [0.25, 0.3) is 0 Å². The van der Waals surface area contributed by atoms with E-state index in [0.29, 0.717) is 32.4 Å². The third kappa shape index (κ3) is 12.0. The molecule has 3 unspecified atom stereocenters. The molecule has 1 saturated carbocycles. The predicted molar refractivity (Wildman–Crippen MR) is 230 cm³/mol. The number of carbonyl (C=O) groups excluding carboxylic acids is 6. The van der Waals surface area contributed by atoms with E-state index >= 15 is 0 Å². The van der Waals surface area contributed by atoms with E-state index in [1.165, 1.54) is 21.3 Å². The molecule has 3 aliphatic rings. The summed E-state index contributed by atoms with van der Waals surface area (Å²) >= 11 is 0. The number of likely N-dealkylation sites (N-methyl/N-ethyl adjacent to an activating group) is 1. The second-order valence-electron chi connectivity index (χ2n) is 17.6. The number of benzene rings is 1. The Morgan fingerprint density at radius 1 is 0.918 bits per heavy atom. The minimum atomic E-state index is -0.906. The minimum Gasteiger partial charge on any atom is -0.467 e. The summed E-state index contributed by atoms with van der Waals surface area (Å²) in [5.41, 5.74) is 0.866. The number of piperidine rings is 1. The lowest BCUT2D eigenvalue weighted by Gasteiger charge is -2.41. The Balaban J connectivity index is 1.47. The fourth-order valence-corrected chi connectivity index (χ4v) is 9.73. The minimum absolute atomic E-state index is 0.00187. The van der Waals surface area contributed by atoms with Crippen LogP contribution < -0.4 is 10.6 Å². The number of nitrogens with one attached hydrogen (secondary N) is 2.